The molecule has 2 heterocycles. The van der Waals surface area contributed by atoms with Crippen molar-refractivity contribution < 1.29 is 9.72 Å². The Morgan fingerprint density at radius 2 is 1.88 bits per heavy atom. The van der Waals surface area contributed by atoms with Crippen molar-refractivity contribution in [1.29, 1.82) is 0 Å². The molecule has 8 nitrogen and oxygen atoms in total. The van der Waals surface area contributed by atoms with Crippen molar-refractivity contribution in [3.63, 3.8) is 0 Å². The molecule has 1 amide bonds. The molecule has 0 bridgehead atoms. The van der Waals surface area contributed by atoms with Crippen LogP contribution in [0.4, 0.5) is 11.4 Å². The Bertz CT molecular complexity index is 1600. The number of carbonyl (C=O) groups is 1. The van der Waals surface area contributed by atoms with E-state index in [4.69, 9.17) is 11.6 Å². The van der Waals surface area contributed by atoms with E-state index in [0.717, 1.165) is 4.47 Å². The summed E-state index contributed by atoms with van der Waals surface area (Å²) in [6.45, 7) is 0. The minimum Gasteiger partial charge on any atom is -0.321 e. The number of hydrogen-bond acceptors (Lipinski definition) is 5. The number of benzene rings is 3. The van der Waals surface area contributed by atoms with Crippen LogP contribution in [0.15, 0.2) is 69.9 Å². The van der Waals surface area contributed by atoms with Crippen LogP contribution in [0.25, 0.3) is 28.2 Å². The van der Waals surface area contributed by atoms with Crippen LogP contribution < -0.4 is 10.9 Å². The number of nitro benzene ring substituents is 1. The number of carbonyl (C=O) groups excluding carboxylic acids is 1. The molecule has 33 heavy (non-hydrogen) atoms. The van der Waals surface area contributed by atoms with E-state index in [2.05, 4.69) is 26.2 Å². The van der Waals surface area contributed by atoms with Gasteiger partial charge in [0, 0.05) is 27.9 Å². The fraction of sp³-hybridized carbons (Fsp3) is 0. The molecule has 4 aromatic rings. The molecule has 0 saturated heterocycles. The van der Waals surface area contributed by atoms with Crippen LogP contribution in [0.5, 0.6) is 0 Å². The van der Waals surface area contributed by atoms with Gasteiger partial charge in [-0.25, -0.2) is 4.98 Å². The Labute approximate surface area is 199 Å². The summed E-state index contributed by atoms with van der Waals surface area (Å²) in [6.07, 6.45) is 1.51. The predicted molar refractivity (Wildman–Crippen MR) is 130 cm³/mol. The van der Waals surface area contributed by atoms with Gasteiger partial charge in [-0.2, -0.15) is 0 Å². The predicted octanol–water partition coefficient (Wildman–Crippen LogP) is 5.20. The summed E-state index contributed by atoms with van der Waals surface area (Å²) < 4.78 is 2.04. The van der Waals surface area contributed by atoms with E-state index >= 15 is 0 Å². The standard InChI is InChI=1S/C23H12BrClN4O4/c24-12-5-7-19-15(9-12)16(22(30)27-19)11-21-26-18-4-2-1-3-14(18)23(31)28(21)20-8-6-13(29(32)33)10-17(20)25/h1-11H,(H,27,30)/b16-11-. The minimum absolute atomic E-state index is 0.00190. The minimum atomic E-state index is -0.572. The van der Waals surface area contributed by atoms with Crippen LogP contribution in [-0.4, -0.2) is 20.4 Å². The van der Waals surface area contributed by atoms with Gasteiger partial charge in [-0.15, -0.1) is 0 Å². The molecule has 1 N–H and O–H groups in total. The maximum absolute atomic E-state index is 13.5. The molecular weight excluding hydrogens is 512 g/mol. The number of aromatic nitrogens is 2. The van der Waals surface area contributed by atoms with Crippen LogP contribution in [0.3, 0.4) is 0 Å². The number of nitrogens with one attached hydrogen (secondary N) is 1. The molecule has 0 radical (unpaired) electrons. The number of nitro groups is 1. The van der Waals surface area contributed by atoms with Crippen LogP contribution >= 0.6 is 27.5 Å². The summed E-state index contributed by atoms with van der Waals surface area (Å²) >= 11 is 9.76. The summed E-state index contributed by atoms with van der Waals surface area (Å²) in [7, 11) is 0. The summed E-state index contributed by atoms with van der Waals surface area (Å²) in [5.41, 5.74) is 1.63. The Hall–Kier alpha value is -3.82. The van der Waals surface area contributed by atoms with Crippen LogP contribution in [0, 0.1) is 10.1 Å². The molecule has 1 aromatic heterocycles. The normalized spacial score (nSPS) is 13.9. The van der Waals surface area contributed by atoms with Gasteiger partial charge in [0.25, 0.3) is 17.2 Å². The Kier molecular flexibility index (Phi) is 5.07. The number of amides is 1. The highest BCUT2D eigenvalue weighted by Crippen LogP contribution is 2.35. The quantitative estimate of drug-likeness (QED) is 0.226. The van der Waals surface area contributed by atoms with E-state index in [1.54, 1.807) is 36.4 Å². The molecule has 0 aliphatic carbocycles. The number of hydrogen-bond donors (Lipinski definition) is 1. The highest BCUT2D eigenvalue weighted by atomic mass is 79.9. The zero-order valence-electron chi connectivity index (χ0n) is 16.6. The first kappa shape index (κ1) is 21.0. The van der Waals surface area contributed by atoms with E-state index in [1.165, 1.54) is 28.8 Å². The first-order chi connectivity index (χ1) is 15.8. The average molecular weight is 524 g/mol. The lowest BCUT2D eigenvalue weighted by atomic mass is 10.1. The zero-order chi connectivity index (χ0) is 23.3. The molecule has 1 aliphatic heterocycles. The lowest BCUT2D eigenvalue weighted by Crippen LogP contribution is -2.23. The summed E-state index contributed by atoms with van der Waals surface area (Å²) in [4.78, 5) is 41.4. The molecule has 0 fully saturated rings. The van der Waals surface area contributed by atoms with E-state index in [0.29, 0.717) is 27.7 Å². The van der Waals surface area contributed by atoms with Gasteiger partial charge in [0.2, 0.25) is 0 Å². The van der Waals surface area contributed by atoms with Crippen LogP contribution in [-0.2, 0) is 4.79 Å². The Morgan fingerprint density at radius 1 is 1.09 bits per heavy atom. The highest BCUT2D eigenvalue weighted by Gasteiger charge is 2.26. The molecule has 3 aromatic carbocycles. The lowest BCUT2D eigenvalue weighted by molar-refractivity contribution is -0.384. The zero-order valence-corrected chi connectivity index (χ0v) is 18.9. The van der Waals surface area contributed by atoms with Gasteiger partial charge in [-0.1, -0.05) is 39.7 Å². The fourth-order valence-electron chi connectivity index (χ4n) is 3.70. The lowest BCUT2D eigenvalue weighted by Gasteiger charge is -2.13. The van der Waals surface area contributed by atoms with E-state index in [1.807, 2.05) is 6.07 Å². The maximum Gasteiger partial charge on any atom is 0.271 e. The molecule has 162 valence electrons. The number of nitrogens with zero attached hydrogens (tertiary/aromatic N) is 3. The Balaban J connectivity index is 1.82. The van der Waals surface area contributed by atoms with Gasteiger partial charge < -0.3 is 5.32 Å². The van der Waals surface area contributed by atoms with Gasteiger partial charge in [-0.3, -0.25) is 24.3 Å². The van der Waals surface area contributed by atoms with Crippen molar-refractivity contribution >= 4 is 67.4 Å². The molecule has 10 heteroatoms. The maximum atomic E-state index is 13.5. The third kappa shape index (κ3) is 3.61. The van der Waals surface area contributed by atoms with Crippen molar-refractivity contribution in [3.05, 3.63) is 102 Å². The second kappa shape index (κ2) is 7.95. The molecule has 1 aliphatic rings. The van der Waals surface area contributed by atoms with Gasteiger partial charge >= 0.3 is 0 Å². The highest BCUT2D eigenvalue weighted by molar-refractivity contribution is 9.10. The van der Waals surface area contributed by atoms with E-state index in [9.17, 15) is 19.7 Å². The van der Waals surface area contributed by atoms with Crippen molar-refractivity contribution in [1.82, 2.24) is 9.55 Å². The van der Waals surface area contributed by atoms with Gasteiger partial charge in [0.05, 0.1) is 32.1 Å². The third-order valence-corrected chi connectivity index (χ3v) is 6.02. The number of fused-ring (bicyclic) bond motifs is 2. The number of anilines is 1. The summed E-state index contributed by atoms with van der Waals surface area (Å²) in [5.74, 6) is -0.181. The molecule has 0 atom stereocenters. The van der Waals surface area contributed by atoms with Gasteiger partial charge in [0.15, 0.2) is 0 Å². The van der Waals surface area contributed by atoms with Crippen LogP contribution in [0.2, 0.25) is 5.02 Å². The number of rotatable bonds is 3. The van der Waals surface area contributed by atoms with E-state index in [-0.39, 0.29) is 28.1 Å². The SMILES string of the molecule is O=C1Nc2ccc(Br)cc2/C1=C/c1nc2ccccc2c(=O)n1-c1ccc([N+](=O)[O-])cc1Cl. The first-order valence-corrected chi connectivity index (χ1v) is 10.8. The Morgan fingerprint density at radius 3 is 2.64 bits per heavy atom. The second-order valence-electron chi connectivity index (χ2n) is 7.22. The second-order valence-corrected chi connectivity index (χ2v) is 8.55. The van der Waals surface area contributed by atoms with Gasteiger partial charge in [-0.05, 0) is 42.5 Å². The molecule has 5 rings (SSSR count). The van der Waals surface area contributed by atoms with Gasteiger partial charge in [0.1, 0.15) is 5.82 Å². The van der Waals surface area contributed by atoms with Crippen LogP contribution in [0.1, 0.15) is 11.4 Å². The van der Waals surface area contributed by atoms with Crippen molar-refractivity contribution in [2.45, 2.75) is 0 Å². The monoisotopic (exact) mass is 522 g/mol. The number of para-hydroxylation sites is 1. The summed E-state index contributed by atoms with van der Waals surface area (Å²) in [6, 6.07) is 16.0. The summed E-state index contributed by atoms with van der Waals surface area (Å²) in [5, 5.41) is 14.3. The largest absolute Gasteiger partial charge is 0.321 e. The topological polar surface area (TPSA) is 107 Å². The van der Waals surface area contributed by atoms with E-state index < -0.39 is 10.5 Å². The number of non-ortho nitro benzene ring substituents is 1. The number of halogens is 2. The average Bonchev–Trinajstić information content (AvgIpc) is 3.09. The molecule has 0 unspecified atom stereocenters. The first-order valence-electron chi connectivity index (χ1n) is 9.62. The molecular formula is C23H12BrClN4O4. The van der Waals surface area contributed by atoms with Crippen molar-refractivity contribution in [2.24, 2.45) is 0 Å². The fourth-order valence-corrected chi connectivity index (χ4v) is 4.32. The smallest absolute Gasteiger partial charge is 0.271 e. The third-order valence-electron chi connectivity index (χ3n) is 5.22. The molecule has 0 saturated carbocycles. The molecule has 0 spiro atoms. The van der Waals surface area contributed by atoms with Crippen molar-refractivity contribution in [2.75, 3.05) is 5.32 Å². The van der Waals surface area contributed by atoms with Crippen molar-refractivity contribution in [3.8, 4) is 5.69 Å².